The number of anilines is 2. The van der Waals surface area contributed by atoms with Crippen LogP contribution in [0.5, 0.6) is 0 Å². The first kappa shape index (κ1) is 14.1. The average Bonchev–Trinajstić information content (AvgIpc) is 2.90. The van der Waals surface area contributed by atoms with Crippen LogP contribution < -0.4 is 4.90 Å². The second kappa shape index (κ2) is 5.27. The van der Waals surface area contributed by atoms with Gasteiger partial charge in [0.25, 0.3) is 0 Å². The van der Waals surface area contributed by atoms with Crippen molar-refractivity contribution in [3.05, 3.63) is 58.7 Å². The van der Waals surface area contributed by atoms with Gasteiger partial charge in [-0.25, -0.2) is 0 Å². The maximum absolute atomic E-state index is 12.2. The largest absolute Gasteiger partial charge is 0.349 e. The van der Waals surface area contributed by atoms with Gasteiger partial charge in [-0.3, -0.25) is 4.79 Å². The van der Waals surface area contributed by atoms with Crippen molar-refractivity contribution < 1.29 is 4.79 Å². The van der Waals surface area contributed by atoms with Crippen molar-refractivity contribution in [1.29, 1.82) is 0 Å². The number of para-hydroxylation sites is 1. The predicted octanol–water partition coefficient (Wildman–Crippen LogP) is 3.50. The third kappa shape index (κ3) is 2.24. The summed E-state index contributed by atoms with van der Waals surface area (Å²) in [6.07, 6.45) is 5.88. The number of likely N-dealkylation sites (N-methyl/N-ethyl adjacent to an activating group) is 1. The molecule has 2 heterocycles. The van der Waals surface area contributed by atoms with Gasteiger partial charge in [-0.15, -0.1) is 0 Å². The normalized spacial score (nSPS) is 14.3. The molecule has 0 saturated carbocycles. The number of benzene rings is 2. The van der Waals surface area contributed by atoms with Crippen LogP contribution in [0.4, 0.5) is 11.4 Å². The lowest BCUT2D eigenvalue weighted by atomic mass is 10.0. The second-order valence-electron chi connectivity index (χ2n) is 6.40. The van der Waals surface area contributed by atoms with Gasteiger partial charge in [-0.1, -0.05) is 42.5 Å². The molecule has 0 atom stereocenters. The molecule has 3 nitrogen and oxygen atoms in total. The molecular formula is C20H20N2O. The maximum Gasteiger partial charge on any atom is 0.226 e. The molecule has 4 rings (SSSR count). The van der Waals surface area contributed by atoms with Crippen LogP contribution in [-0.4, -0.2) is 31.4 Å². The Kier molecular flexibility index (Phi) is 3.22. The lowest BCUT2D eigenvalue weighted by molar-refractivity contribution is -0.127. The smallest absolute Gasteiger partial charge is 0.226 e. The van der Waals surface area contributed by atoms with Crippen LogP contribution in [0.2, 0.25) is 0 Å². The van der Waals surface area contributed by atoms with E-state index in [0.29, 0.717) is 6.42 Å². The van der Waals surface area contributed by atoms with E-state index in [-0.39, 0.29) is 5.91 Å². The molecule has 0 saturated heterocycles. The Morgan fingerprint density at radius 3 is 2.78 bits per heavy atom. The van der Waals surface area contributed by atoms with Gasteiger partial charge in [0.05, 0.1) is 12.1 Å². The Morgan fingerprint density at radius 1 is 1.13 bits per heavy atom. The maximum atomic E-state index is 12.2. The molecule has 0 unspecified atom stereocenters. The van der Waals surface area contributed by atoms with Crippen LogP contribution in [0.3, 0.4) is 0 Å². The highest BCUT2D eigenvalue weighted by atomic mass is 16.2. The number of hydrogen-bond donors (Lipinski definition) is 0. The van der Waals surface area contributed by atoms with E-state index in [2.05, 4.69) is 53.5 Å². The monoisotopic (exact) mass is 304 g/mol. The van der Waals surface area contributed by atoms with E-state index < -0.39 is 0 Å². The Morgan fingerprint density at radius 2 is 1.96 bits per heavy atom. The minimum Gasteiger partial charge on any atom is -0.349 e. The van der Waals surface area contributed by atoms with E-state index in [0.717, 1.165) is 18.5 Å². The second-order valence-corrected chi connectivity index (χ2v) is 6.40. The van der Waals surface area contributed by atoms with Gasteiger partial charge in [-0.05, 0) is 29.2 Å². The summed E-state index contributed by atoms with van der Waals surface area (Å²) < 4.78 is 0. The van der Waals surface area contributed by atoms with E-state index >= 15 is 0 Å². The summed E-state index contributed by atoms with van der Waals surface area (Å²) in [6, 6.07) is 12.8. The molecule has 1 amide bonds. The molecular weight excluding hydrogens is 284 g/mol. The fourth-order valence-electron chi connectivity index (χ4n) is 3.54. The van der Waals surface area contributed by atoms with Crippen molar-refractivity contribution in [3.8, 4) is 0 Å². The van der Waals surface area contributed by atoms with Gasteiger partial charge in [0.2, 0.25) is 5.91 Å². The molecule has 0 bridgehead atoms. The fraction of sp³-hybridized carbons (Fsp3) is 0.250. The highest BCUT2D eigenvalue weighted by Gasteiger charge is 2.26. The zero-order valence-corrected chi connectivity index (χ0v) is 13.5. The molecule has 3 heteroatoms. The van der Waals surface area contributed by atoms with Crippen molar-refractivity contribution >= 4 is 29.4 Å². The topological polar surface area (TPSA) is 23.6 Å². The van der Waals surface area contributed by atoms with Crippen LogP contribution in [0.25, 0.3) is 12.2 Å². The van der Waals surface area contributed by atoms with Gasteiger partial charge in [0.15, 0.2) is 0 Å². The van der Waals surface area contributed by atoms with Crippen LogP contribution in [0.1, 0.15) is 22.3 Å². The molecule has 0 N–H and O–H groups in total. The molecule has 2 aliphatic heterocycles. The summed E-state index contributed by atoms with van der Waals surface area (Å²) in [6.45, 7) is 1.01. The Bertz CT molecular complexity index is 820. The first-order valence-electron chi connectivity index (χ1n) is 8.04. The molecule has 0 radical (unpaired) electrons. The van der Waals surface area contributed by atoms with Crippen LogP contribution in [-0.2, 0) is 17.6 Å². The van der Waals surface area contributed by atoms with E-state index in [1.165, 1.54) is 28.1 Å². The summed E-state index contributed by atoms with van der Waals surface area (Å²) in [5.41, 5.74) is 7.49. The lowest BCUT2D eigenvalue weighted by Crippen LogP contribution is -2.24. The van der Waals surface area contributed by atoms with Crippen molar-refractivity contribution in [2.24, 2.45) is 0 Å². The van der Waals surface area contributed by atoms with Gasteiger partial charge < -0.3 is 9.80 Å². The number of nitrogens with zero attached hydrogens (tertiary/aromatic N) is 2. The fourth-order valence-corrected chi connectivity index (χ4v) is 3.54. The molecule has 23 heavy (non-hydrogen) atoms. The van der Waals surface area contributed by atoms with E-state index in [1.54, 1.807) is 4.90 Å². The first-order chi connectivity index (χ1) is 11.1. The number of fused-ring (bicyclic) bond motifs is 2. The number of carbonyl (C=O) groups excluding carboxylic acids is 1. The zero-order valence-electron chi connectivity index (χ0n) is 13.5. The molecule has 0 aromatic heterocycles. The molecule has 2 aromatic carbocycles. The summed E-state index contributed by atoms with van der Waals surface area (Å²) >= 11 is 0. The molecule has 0 spiro atoms. The SMILES string of the molecule is CN(C)C(=O)Cc1cccc2c1C=Cc1cccc3c1N2CC3. The summed E-state index contributed by atoms with van der Waals surface area (Å²) in [5.74, 6) is 0.135. The lowest BCUT2D eigenvalue weighted by Gasteiger charge is -2.23. The van der Waals surface area contributed by atoms with Gasteiger partial charge in [-0.2, -0.15) is 0 Å². The van der Waals surface area contributed by atoms with Crippen molar-refractivity contribution in [3.63, 3.8) is 0 Å². The number of hydrogen-bond acceptors (Lipinski definition) is 2. The van der Waals surface area contributed by atoms with Gasteiger partial charge in [0.1, 0.15) is 0 Å². The summed E-state index contributed by atoms with van der Waals surface area (Å²) in [7, 11) is 3.62. The number of rotatable bonds is 2. The molecule has 2 aromatic rings. The van der Waals surface area contributed by atoms with E-state index in [1.807, 2.05) is 14.1 Å². The molecule has 0 fully saturated rings. The third-order valence-electron chi connectivity index (χ3n) is 4.76. The quantitative estimate of drug-likeness (QED) is 0.848. The highest BCUT2D eigenvalue weighted by molar-refractivity contribution is 5.93. The zero-order chi connectivity index (χ0) is 16.0. The molecule has 2 aliphatic rings. The van der Waals surface area contributed by atoms with Gasteiger partial charge in [0, 0.05) is 31.9 Å². The van der Waals surface area contributed by atoms with Crippen LogP contribution in [0, 0.1) is 0 Å². The van der Waals surface area contributed by atoms with Crippen LogP contribution in [0.15, 0.2) is 36.4 Å². The van der Waals surface area contributed by atoms with Crippen molar-refractivity contribution in [1.82, 2.24) is 4.90 Å². The Balaban J connectivity index is 1.84. The molecule has 0 aliphatic carbocycles. The third-order valence-corrected chi connectivity index (χ3v) is 4.76. The van der Waals surface area contributed by atoms with Crippen LogP contribution >= 0.6 is 0 Å². The molecule has 116 valence electrons. The predicted molar refractivity (Wildman–Crippen MR) is 94.9 cm³/mol. The Labute approximate surface area is 136 Å². The van der Waals surface area contributed by atoms with Crippen molar-refractivity contribution in [2.75, 3.05) is 25.5 Å². The Hall–Kier alpha value is -2.55. The first-order valence-corrected chi connectivity index (χ1v) is 8.04. The summed E-state index contributed by atoms with van der Waals surface area (Å²) in [5, 5.41) is 0. The number of amides is 1. The minimum absolute atomic E-state index is 0.135. The standard InChI is InChI=1S/C20H20N2O/c1-21(2)19(23)13-16-7-4-8-18-17(16)10-9-14-5-3-6-15-11-12-22(18)20(14)15/h3-10H,11-13H2,1-2H3. The van der Waals surface area contributed by atoms with E-state index in [4.69, 9.17) is 0 Å². The number of carbonyl (C=O) groups is 1. The van der Waals surface area contributed by atoms with Crippen molar-refractivity contribution in [2.45, 2.75) is 12.8 Å². The van der Waals surface area contributed by atoms with Gasteiger partial charge >= 0.3 is 0 Å². The van der Waals surface area contributed by atoms with E-state index in [9.17, 15) is 4.79 Å². The minimum atomic E-state index is 0.135. The summed E-state index contributed by atoms with van der Waals surface area (Å²) in [4.78, 5) is 16.2. The highest BCUT2D eigenvalue weighted by Crippen LogP contribution is 2.43. The average molecular weight is 304 g/mol.